The molecule has 1 amide bonds. The topological polar surface area (TPSA) is 100 Å². The summed E-state index contributed by atoms with van der Waals surface area (Å²) in [5.74, 6) is -2.69. The molecule has 9 nitrogen and oxygen atoms in total. The Hall–Kier alpha value is -3.38. The second kappa shape index (κ2) is 12.2. The van der Waals surface area contributed by atoms with Gasteiger partial charge in [0.2, 0.25) is 0 Å². The maximum atomic E-state index is 13.9. The molecule has 2 heterocycles. The van der Waals surface area contributed by atoms with Gasteiger partial charge in [-0.2, -0.15) is 10.2 Å². The Morgan fingerprint density at radius 2 is 1.82 bits per heavy atom. The molecule has 0 aliphatic carbocycles. The molecule has 12 heteroatoms. The number of hydrogen-bond acceptors (Lipinski definition) is 6. The molecular formula is C27H37F2N5O4Si. The molecule has 0 aliphatic heterocycles. The fourth-order valence-electron chi connectivity index (χ4n) is 3.53. The van der Waals surface area contributed by atoms with Gasteiger partial charge in [-0.05, 0) is 42.6 Å². The molecule has 0 radical (unpaired) electrons. The Bertz CT molecular complexity index is 1330. The number of nitrogens with one attached hydrogen (secondary N) is 1. The number of halogens is 2. The van der Waals surface area contributed by atoms with Gasteiger partial charge in [0, 0.05) is 18.3 Å². The van der Waals surface area contributed by atoms with Gasteiger partial charge in [-0.3, -0.25) is 14.3 Å². The van der Waals surface area contributed by atoms with E-state index >= 15 is 0 Å². The van der Waals surface area contributed by atoms with Crippen LogP contribution in [0.2, 0.25) is 18.1 Å². The quantitative estimate of drug-likeness (QED) is 0.299. The average Bonchev–Trinajstić information content (AvgIpc) is 3.26. The zero-order valence-electron chi connectivity index (χ0n) is 23.5. The van der Waals surface area contributed by atoms with Gasteiger partial charge in [0.25, 0.3) is 11.5 Å². The number of ether oxygens (including phenoxy) is 1. The number of aromatic nitrogens is 4. The minimum absolute atomic E-state index is 0.0583. The highest BCUT2D eigenvalue weighted by molar-refractivity contribution is 6.74. The predicted octanol–water partition coefficient (Wildman–Crippen LogP) is 5.76. The maximum absolute atomic E-state index is 13.9. The van der Waals surface area contributed by atoms with Crippen LogP contribution >= 0.6 is 0 Å². The van der Waals surface area contributed by atoms with Crippen LogP contribution in [0.4, 0.5) is 14.6 Å². The first-order valence-electron chi connectivity index (χ1n) is 12.9. The summed E-state index contributed by atoms with van der Waals surface area (Å²) in [5.41, 5.74) is -0.654. The van der Waals surface area contributed by atoms with Crippen LogP contribution in [-0.2, 0) is 15.8 Å². The lowest BCUT2D eigenvalue weighted by Gasteiger charge is -2.36. The van der Waals surface area contributed by atoms with Crippen LogP contribution in [0.3, 0.4) is 0 Å². The van der Waals surface area contributed by atoms with E-state index in [-0.39, 0.29) is 16.7 Å². The molecule has 3 rings (SSSR count). The first-order valence-corrected chi connectivity index (χ1v) is 15.8. The molecule has 1 atom stereocenters. The van der Waals surface area contributed by atoms with Crippen molar-refractivity contribution in [3.05, 3.63) is 64.7 Å². The number of hydrogen-bond donors (Lipinski definition) is 1. The zero-order valence-corrected chi connectivity index (χ0v) is 24.5. The molecule has 39 heavy (non-hydrogen) atoms. The third kappa shape index (κ3) is 7.82. The van der Waals surface area contributed by atoms with Crippen LogP contribution in [0.15, 0.2) is 47.5 Å². The lowest BCUT2D eigenvalue weighted by Crippen LogP contribution is -2.41. The Balaban J connectivity index is 1.71. The molecule has 0 saturated heterocycles. The third-order valence-electron chi connectivity index (χ3n) is 6.71. The fourth-order valence-corrected chi connectivity index (χ4v) is 4.56. The number of rotatable bonds is 11. The van der Waals surface area contributed by atoms with Crippen molar-refractivity contribution >= 4 is 20.0 Å². The molecule has 0 bridgehead atoms. The Kier molecular flexibility index (Phi) is 9.44. The van der Waals surface area contributed by atoms with E-state index in [1.165, 1.54) is 6.07 Å². The van der Waals surface area contributed by atoms with E-state index in [0.29, 0.717) is 25.4 Å². The molecule has 2 aromatic heterocycles. The number of carbonyl (C=O) groups is 1. The summed E-state index contributed by atoms with van der Waals surface area (Å²) in [6.07, 6.45) is 3.22. The minimum Gasteiger partial charge on any atom is -0.449 e. The van der Waals surface area contributed by atoms with Gasteiger partial charge in [0.05, 0.1) is 19.3 Å². The van der Waals surface area contributed by atoms with Gasteiger partial charge in [-0.15, -0.1) is 0 Å². The van der Waals surface area contributed by atoms with E-state index in [1.54, 1.807) is 16.9 Å². The van der Waals surface area contributed by atoms with E-state index < -0.39 is 43.2 Å². The number of carbonyl (C=O) groups excluding carboxylic acids is 1. The molecule has 0 fully saturated rings. The summed E-state index contributed by atoms with van der Waals surface area (Å²) in [5, 5.41) is 11.3. The highest BCUT2D eigenvalue weighted by Gasteiger charge is 2.37. The molecule has 1 N–H and O–H groups in total. The first kappa shape index (κ1) is 30.2. The highest BCUT2D eigenvalue weighted by atomic mass is 28.4. The SMILES string of the molecule is CC(C)CC(C(=O)Nc1ccn(CCO[Si](C)(C)C(C)(C)C)n1)n1ncc(Oc2c(F)cccc2F)cc1=O. The standard InChI is InChI=1S/C27H37F2N5O4Si/c1-18(2)15-22(34-24(35)16-19(17-30-34)38-25-20(28)9-8-10-21(25)29)26(36)31-23-11-12-33(32-23)13-14-37-39(6,7)27(3,4)5/h8-12,16-18,22H,13-15H2,1-7H3,(H,31,32,36). The van der Waals surface area contributed by atoms with Gasteiger partial charge in [0.15, 0.2) is 37.3 Å². The van der Waals surface area contributed by atoms with E-state index in [0.717, 1.165) is 29.1 Å². The molecule has 212 valence electrons. The summed E-state index contributed by atoms with van der Waals surface area (Å²) >= 11 is 0. The van der Waals surface area contributed by atoms with Gasteiger partial charge < -0.3 is 14.5 Å². The van der Waals surface area contributed by atoms with Crippen LogP contribution in [0.25, 0.3) is 0 Å². The van der Waals surface area contributed by atoms with E-state index in [4.69, 9.17) is 9.16 Å². The van der Waals surface area contributed by atoms with Crippen LogP contribution in [0, 0.1) is 17.6 Å². The number of anilines is 1. The summed E-state index contributed by atoms with van der Waals surface area (Å²) in [4.78, 5) is 26.1. The predicted molar refractivity (Wildman–Crippen MR) is 147 cm³/mol. The van der Waals surface area contributed by atoms with Crippen molar-refractivity contribution in [3.63, 3.8) is 0 Å². The number of para-hydroxylation sites is 1. The fraction of sp³-hybridized carbons (Fsp3) is 0.481. The van der Waals surface area contributed by atoms with Crippen LogP contribution in [0.5, 0.6) is 11.5 Å². The lowest BCUT2D eigenvalue weighted by molar-refractivity contribution is -0.120. The maximum Gasteiger partial charge on any atom is 0.271 e. The van der Waals surface area contributed by atoms with E-state index in [9.17, 15) is 18.4 Å². The second-order valence-electron chi connectivity index (χ2n) is 11.3. The Morgan fingerprint density at radius 1 is 1.15 bits per heavy atom. The van der Waals surface area contributed by atoms with Crippen molar-refractivity contribution in [3.8, 4) is 11.5 Å². The number of benzene rings is 1. The number of amides is 1. The molecule has 1 aromatic carbocycles. The average molecular weight is 562 g/mol. The summed E-state index contributed by atoms with van der Waals surface area (Å²) < 4.78 is 42.0. The Morgan fingerprint density at radius 3 is 2.41 bits per heavy atom. The molecule has 3 aromatic rings. The van der Waals surface area contributed by atoms with Crippen molar-refractivity contribution in [2.24, 2.45) is 5.92 Å². The van der Waals surface area contributed by atoms with Crippen LogP contribution < -0.4 is 15.6 Å². The van der Waals surface area contributed by atoms with Gasteiger partial charge >= 0.3 is 0 Å². The zero-order chi connectivity index (χ0) is 29.0. The molecule has 0 saturated carbocycles. The Labute approximate surface area is 228 Å². The van der Waals surface area contributed by atoms with Crippen molar-refractivity contribution in [1.82, 2.24) is 19.6 Å². The van der Waals surface area contributed by atoms with Gasteiger partial charge in [-0.25, -0.2) is 13.5 Å². The third-order valence-corrected chi connectivity index (χ3v) is 11.3. The molecule has 0 aliphatic rings. The second-order valence-corrected chi connectivity index (χ2v) is 16.1. The largest absolute Gasteiger partial charge is 0.449 e. The van der Waals surface area contributed by atoms with Crippen molar-refractivity contribution in [1.29, 1.82) is 0 Å². The van der Waals surface area contributed by atoms with Crippen LogP contribution in [0.1, 0.15) is 47.1 Å². The number of nitrogens with zero attached hydrogens (tertiary/aromatic N) is 4. The summed E-state index contributed by atoms with van der Waals surface area (Å²) in [6, 6.07) is 5.06. The van der Waals surface area contributed by atoms with Crippen molar-refractivity contribution < 1.29 is 22.7 Å². The molecule has 1 unspecified atom stereocenters. The van der Waals surface area contributed by atoms with Gasteiger partial charge in [0.1, 0.15) is 6.04 Å². The molecule has 0 spiro atoms. The smallest absolute Gasteiger partial charge is 0.271 e. The van der Waals surface area contributed by atoms with Crippen molar-refractivity contribution in [2.45, 2.75) is 71.8 Å². The summed E-state index contributed by atoms with van der Waals surface area (Å²) in [6.45, 7) is 15.8. The lowest BCUT2D eigenvalue weighted by atomic mass is 10.0. The monoisotopic (exact) mass is 561 g/mol. The normalized spacial score (nSPS) is 13.0. The molecular weight excluding hydrogens is 524 g/mol. The van der Waals surface area contributed by atoms with E-state index in [1.807, 2.05) is 13.8 Å². The van der Waals surface area contributed by atoms with E-state index in [2.05, 4.69) is 49.4 Å². The first-order chi connectivity index (χ1) is 18.2. The summed E-state index contributed by atoms with van der Waals surface area (Å²) in [7, 11) is -1.88. The van der Waals surface area contributed by atoms with Crippen LogP contribution in [-0.4, -0.2) is 40.4 Å². The highest BCUT2D eigenvalue weighted by Crippen LogP contribution is 2.36. The van der Waals surface area contributed by atoms with Gasteiger partial charge in [-0.1, -0.05) is 40.7 Å². The van der Waals surface area contributed by atoms with Crippen molar-refractivity contribution in [2.75, 3.05) is 11.9 Å². The minimum atomic E-state index is -1.88.